The minimum Gasteiger partial charge on any atom is -0.326 e. The van der Waals surface area contributed by atoms with Crippen LogP contribution in [0.4, 0.5) is 11.4 Å². The Balaban J connectivity index is 1.42. The summed E-state index contributed by atoms with van der Waals surface area (Å²) in [6.45, 7) is 7.82. The van der Waals surface area contributed by atoms with Gasteiger partial charge in [-0.1, -0.05) is 36.4 Å². The quantitative estimate of drug-likeness (QED) is 0.440. The van der Waals surface area contributed by atoms with Crippen molar-refractivity contribution in [3.63, 3.8) is 0 Å². The molecule has 3 rings (SSSR count). The standard InChI is InChI=1S/C25H30N4O2S/c1-17-10-8-11-18(2)24(17)26-22(30)14-9-15-32-16-23(31)27-25-19(3)28-29(20(25)4)21-12-6-5-7-13-21/h5-8,10-13H,9,14-16H2,1-4H3,(H,26,30)(H,27,31). The van der Waals surface area contributed by atoms with Crippen LogP contribution in [0.15, 0.2) is 48.5 Å². The third-order valence-corrected chi connectivity index (χ3v) is 6.27. The van der Waals surface area contributed by atoms with Gasteiger partial charge in [0.15, 0.2) is 0 Å². The molecule has 0 saturated heterocycles. The van der Waals surface area contributed by atoms with E-state index in [2.05, 4.69) is 15.7 Å². The fourth-order valence-corrected chi connectivity index (χ4v) is 4.28. The molecule has 0 bridgehead atoms. The van der Waals surface area contributed by atoms with Crippen molar-refractivity contribution < 1.29 is 9.59 Å². The van der Waals surface area contributed by atoms with E-state index < -0.39 is 0 Å². The molecule has 0 aliphatic carbocycles. The van der Waals surface area contributed by atoms with Crippen LogP contribution in [0.1, 0.15) is 35.4 Å². The molecule has 168 valence electrons. The van der Waals surface area contributed by atoms with E-state index in [-0.39, 0.29) is 11.8 Å². The number of nitrogens with one attached hydrogen (secondary N) is 2. The van der Waals surface area contributed by atoms with E-state index >= 15 is 0 Å². The van der Waals surface area contributed by atoms with Crippen molar-refractivity contribution in [2.75, 3.05) is 22.1 Å². The van der Waals surface area contributed by atoms with Crippen LogP contribution in [0.3, 0.4) is 0 Å². The molecule has 2 N–H and O–H groups in total. The summed E-state index contributed by atoms with van der Waals surface area (Å²) in [6, 6.07) is 15.8. The van der Waals surface area contributed by atoms with E-state index in [1.54, 1.807) is 0 Å². The number of aryl methyl sites for hydroxylation is 3. The fourth-order valence-electron chi connectivity index (χ4n) is 3.53. The van der Waals surface area contributed by atoms with Crippen LogP contribution >= 0.6 is 11.8 Å². The van der Waals surface area contributed by atoms with Crippen molar-refractivity contribution in [2.45, 2.75) is 40.5 Å². The van der Waals surface area contributed by atoms with E-state index in [0.29, 0.717) is 12.2 Å². The highest BCUT2D eigenvalue weighted by Crippen LogP contribution is 2.23. The minimum atomic E-state index is -0.0613. The van der Waals surface area contributed by atoms with E-state index in [0.717, 1.165) is 51.8 Å². The molecule has 0 atom stereocenters. The van der Waals surface area contributed by atoms with Crippen molar-refractivity contribution in [1.82, 2.24) is 9.78 Å². The van der Waals surface area contributed by atoms with E-state index in [4.69, 9.17) is 0 Å². The molecule has 3 aromatic rings. The lowest BCUT2D eigenvalue weighted by Gasteiger charge is -2.11. The van der Waals surface area contributed by atoms with Gasteiger partial charge in [-0.2, -0.15) is 16.9 Å². The van der Waals surface area contributed by atoms with Crippen molar-refractivity contribution in [3.8, 4) is 5.69 Å². The summed E-state index contributed by atoms with van der Waals surface area (Å²) >= 11 is 1.53. The minimum absolute atomic E-state index is 0.00651. The van der Waals surface area contributed by atoms with Crippen molar-refractivity contribution in [3.05, 3.63) is 71.0 Å². The molecule has 7 heteroatoms. The molecule has 0 fully saturated rings. The second kappa shape index (κ2) is 11.0. The first-order valence-electron chi connectivity index (χ1n) is 10.7. The van der Waals surface area contributed by atoms with Crippen LogP contribution in [-0.4, -0.2) is 33.1 Å². The Morgan fingerprint density at radius 2 is 1.53 bits per heavy atom. The topological polar surface area (TPSA) is 76.0 Å². The van der Waals surface area contributed by atoms with Gasteiger partial charge in [-0.25, -0.2) is 4.68 Å². The number of amides is 2. The highest BCUT2D eigenvalue weighted by atomic mass is 32.2. The predicted octanol–water partition coefficient (Wildman–Crippen LogP) is 5.20. The van der Waals surface area contributed by atoms with Crippen LogP contribution < -0.4 is 10.6 Å². The Hall–Kier alpha value is -3.06. The summed E-state index contributed by atoms with van der Waals surface area (Å²) in [4.78, 5) is 24.7. The first kappa shape index (κ1) is 23.6. The average Bonchev–Trinajstić information content (AvgIpc) is 3.05. The first-order chi connectivity index (χ1) is 15.4. The summed E-state index contributed by atoms with van der Waals surface area (Å²) in [5.74, 6) is 1.03. The maximum atomic E-state index is 12.4. The maximum Gasteiger partial charge on any atom is 0.234 e. The zero-order chi connectivity index (χ0) is 23.1. The van der Waals surface area contributed by atoms with Gasteiger partial charge < -0.3 is 10.6 Å². The summed E-state index contributed by atoms with van der Waals surface area (Å²) in [6.07, 6.45) is 1.16. The molecular formula is C25H30N4O2S. The second-order valence-electron chi connectivity index (χ2n) is 7.81. The summed E-state index contributed by atoms with van der Waals surface area (Å²) < 4.78 is 1.84. The van der Waals surface area contributed by atoms with Crippen LogP contribution in [0.25, 0.3) is 5.69 Å². The molecule has 1 heterocycles. The Labute approximate surface area is 193 Å². The summed E-state index contributed by atoms with van der Waals surface area (Å²) in [5.41, 5.74) is 6.42. The van der Waals surface area contributed by atoms with Gasteiger partial charge in [-0.3, -0.25) is 9.59 Å². The van der Waals surface area contributed by atoms with E-state index in [1.165, 1.54) is 11.8 Å². The Kier molecular flexibility index (Phi) is 8.11. The monoisotopic (exact) mass is 450 g/mol. The van der Waals surface area contributed by atoms with Gasteiger partial charge in [-0.05, 0) is 63.1 Å². The largest absolute Gasteiger partial charge is 0.326 e. The molecule has 0 radical (unpaired) electrons. The summed E-state index contributed by atoms with van der Waals surface area (Å²) in [5, 5.41) is 10.6. The number of carbonyl (C=O) groups is 2. The molecule has 0 saturated carbocycles. The number of carbonyl (C=O) groups excluding carboxylic acids is 2. The molecular weight excluding hydrogens is 420 g/mol. The predicted molar refractivity (Wildman–Crippen MR) is 133 cm³/mol. The highest BCUT2D eigenvalue weighted by molar-refractivity contribution is 7.99. The molecule has 0 aliphatic heterocycles. The van der Waals surface area contributed by atoms with E-state index in [9.17, 15) is 9.59 Å². The number of hydrogen-bond donors (Lipinski definition) is 2. The Bertz CT molecular complexity index is 1070. The molecule has 1 aromatic heterocycles. The Morgan fingerprint density at radius 3 is 2.22 bits per heavy atom. The van der Waals surface area contributed by atoms with Crippen LogP contribution in [0.2, 0.25) is 0 Å². The maximum absolute atomic E-state index is 12.4. The fraction of sp³-hybridized carbons (Fsp3) is 0.320. The van der Waals surface area contributed by atoms with Gasteiger partial charge in [0.1, 0.15) is 0 Å². The number of thioether (sulfide) groups is 1. The van der Waals surface area contributed by atoms with Crippen molar-refractivity contribution in [1.29, 1.82) is 0 Å². The van der Waals surface area contributed by atoms with Gasteiger partial charge in [0.2, 0.25) is 11.8 Å². The Morgan fingerprint density at radius 1 is 0.875 bits per heavy atom. The molecule has 32 heavy (non-hydrogen) atoms. The third kappa shape index (κ3) is 6.01. The SMILES string of the molecule is Cc1cccc(C)c1NC(=O)CCCSCC(=O)Nc1c(C)nn(-c2ccccc2)c1C. The average molecular weight is 451 g/mol. The molecule has 0 aliphatic rings. The number of hydrogen-bond acceptors (Lipinski definition) is 4. The van der Waals surface area contributed by atoms with Crippen LogP contribution in [-0.2, 0) is 9.59 Å². The van der Waals surface area contributed by atoms with Crippen molar-refractivity contribution in [2.24, 2.45) is 0 Å². The number of rotatable bonds is 9. The van der Waals surface area contributed by atoms with Gasteiger partial charge >= 0.3 is 0 Å². The molecule has 0 unspecified atom stereocenters. The van der Waals surface area contributed by atoms with Crippen molar-refractivity contribution >= 4 is 35.0 Å². The van der Waals surface area contributed by atoms with Crippen LogP contribution in [0.5, 0.6) is 0 Å². The number of para-hydroxylation sites is 2. The molecule has 6 nitrogen and oxygen atoms in total. The van der Waals surface area contributed by atoms with Gasteiger partial charge in [0, 0.05) is 12.1 Å². The second-order valence-corrected chi connectivity index (χ2v) is 8.92. The smallest absolute Gasteiger partial charge is 0.234 e. The van der Waals surface area contributed by atoms with Gasteiger partial charge in [0.25, 0.3) is 0 Å². The lowest BCUT2D eigenvalue weighted by atomic mass is 10.1. The molecule has 2 amide bonds. The molecule has 2 aromatic carbocycles. The number of nitrogens with zero attached hydrogens (tertiary/aromatic N) is 2. The van der Waals surface area contributed by atoms with Gasteiger partial charge in [0.05, 0.1) is 28.5 Å². The lowest BCUT2D eigenvalue weighted by Crippen LogP contribution is -2.16. The molecule has 0 spiro atoms. The lowest BCUT2D eigenvalue weighted by molar-refractivity contribution is -0.116. The van der Waals surface area contributed by atoms with E-state index in [1.807, 2.05) is 80.9 Å². The van der Waals surface area contributed by atoms with Crippen LogP contribution in [0, 0.1) is 27.7 Å². The van der Waals surface area contributed by atoms with Gasteiger partial charge in [-0.15, -0.1) is 0 Å². The normalized spacial score (nSPS) is 10.8. The number of anilines is 2. The zero-order valence-electron chi connectivity index (χ0n) is 19.1. The first-order valence-corrected chi connectivity index (χ1v) is 11.9. The highest BCUT2D eigenvalue weighted by Gasteiger charge is 2.15. The number of aromatic nitrogens is 2. The summed E-state index contributed by atoms with van der Waals surface area (Å²) in [7, 11) is 0. The third-order valence-electron chi connectivity index (χ3n) is 5.23. The zero-order valence-corrected chi connectivity index (χ0v) is 19.9. The number of benzene rings is 2.